The number of rotatable bonds is 15. The molecule has 0 unspecified atom stereocenters. The van der Waals surface area contributed by atoms with E-state index < -0.39 is 5.91 Å². The highest BCUT2D eigenvalue weighted by Crippen LogP contribution is 2.26. The number of nitrogens with zero attached hydrogens (tertiary/aromatic N) is 3. The highest BCUT2D eigenvalue weighted by atomic mass is 32.1. The first-order chi connectivity index (χ1) is 19.1. The van der Waals surface area contributed by atoms with Crippen LogP contribution in [0.25, 0.3) is 10.3 Å². The molecule has 3 aromatic rings. The molecule has 0 aliphatic carbocycles. The number of Topliss-reactive ketones (excluding diaryl/α,β-unsaturated/α-hetero) is 1. The van der Waals surface area contributed by atoms with Gasteiger partial charge in [-0.15, -0.1) is 0 Å². The molecule has 1 amide bonds. The zero-order valence-corrected chi connectivity index (χ0v) is 22.9. The zero-order valence-electron chi connectivity index (χ0n) is 22.1. The molecule has 2 N–H and O–H groups in total. The van der Waals surface area contributed by atoms with Gasteiger partial charge >= 0.3 is 0 Å². The number of carbonyl (C=O) groups excluding carboxylic acids is 2. The number of pyridine rings is 1. The average molecular weight is 556 g/mol. The molecule has 0 spiro atoms. The molecule has 1 saturated heterocycles. The lowest BCUT2D eigenvalue weighted by atomic mass is 10.0. The van der Waals surface area contributed by atoms with Crippen molar-refractivity contribution in [2.45, 2.75) is 31.8 Å². The lowest BCUT2D eigenvalue weighted by Gasteiger charge is -2.10. The molecule has 0 bridgehead atoms. The number of ketones is 1. The molecule has 1 aromatic carbocycles. The Kier molecular flexibility index (Phi) is 10.7. The van der Waals surface area contributed by atoms with Crippen LogP contribution in [0.2, 0.25) is 0 Å². The number of fused-ring (bicyclic) bond motifs is 1. The summed E-state index contributed by atoms with van der Waals surface area (Å²) in [5, 5.41) is 10.4. The van der Waals surface area contributed by atoms with Gasteiger partial charge in [0.15, 0.2) is 22.7 Å². The van der Waals surface area contributed by atoms with Gasteiger partial charge in [0.1, 0.15) is 10.3 Å². The maximum absolute atomic E-state index is 13.3. The second-order valence-corrected chi connectivity index (χ2v) is 9.86. The van der Waals surface area contributed by atoms with Crippen molar-refractivity contribution < 1.29 is 28.6 Å². The zero-order chi connectivity index (χ0) is 27.5. The number of benzene rings is 1. The van der Waals surface area contributed by atoms with E-state index in [2.05, 4.69) is 25.8 Å². The monoisotopic (exact) mass is 555 g/mol. The molecule has 39 heavy (non-hydrogen) atoms. The number of methoxy groups -OCH3 is 1. The summed E-state index contributed by atoms with van der Waals surface area (Å²) in [6.07, 6.45) is 2.35. The number of hydrogen-bond acceptors (Lipinski definition) is 11. The average Bonchev–Trinajstić information content (AvgIpc) is 3.61. The Balaban J connectivity index is 1.48. The van der Waals surface area contributed by atoms with E-state index in [1.807, 2.05) is 13.1 Å². The molecule has 11 nitrogen and oxygen atoms in total. The van der Waals surface area contributed by atoms with Crippen molar-refractivity contribution >= 4 is 44.2 Å². The van der Waals surface area contributed by atoms with Crippen LogP contribution in [-0.2, 0) is 19.1 Å². The minimum atomic E-state index is -0.490. The number of amides is 1. The standard InChI is InChI=1S/C27H33N5O6S/c1-28-13-4-15-37-23-11-10-21-26(30-23)39-27(29-21)31-25(34)24(32-38-20-12-16-36-17-20)19-8-6-18(7-9-19)22(33)5-3-14-35-2/h6-11,20,28H,3-5,12-17H2,1-2H3,(H,29,31,34)/b32-24+/t20-/m0/s1. The van der Waals surface area contributed by atoms with E-state index in [0.717, 1.165) is 13.0 Å². The number of oxime groups is 1. The fraction of sp³-hybridized carbons (Fsp3) is 0.444. The summed E-state index contributed by atoms with van der Waals surface area (Å²) in [5.41, 5.74) is 1.78. The molecule has 1 fully saturated rings. The molecular weight excluding hydrogens is 522 g/mol. The molecule has 2 aromatic heterocycles. The van der Waals surface area contributed by atoms with Gasteiger partial charge in [0.2, 0.25) is 5.88 Å². The summed E-state index contributed by atoms with van der Waals surface area (Å²) in [7, 11) is 3.50. The first-order valence-electron chi connectivity index (χ1n) is 12.9. The largest absolute Gasteiger partial charge is 0.478 e. The van der Waals surface area contributed by atoms with E-state index >= 15 is 0 Å². The third-order valence-corrected chi connectivity index (χ3v) is 6.78. The normalized spacial score (nSPS) is 15.4. The molecule has 0 radical (unpaired) electrons. The molecular formula is C27H33N5O6S. The molecule has 1 aliphatic rings. The maximum atomic E-state index is 13.3. The molecule has 1 atom stereocenters. The van der Waals surface area contributed by atoms with Gasteiger partial charge in [-0.25, -0.2) is 9.97 Å². The van der Waals surface area contributed by atoms with Crippen LogP contribution in [0.15, 0.2) is 41.6 Å². The van der Waals surface area contributed by atoms with Gasteiger partial charge in [-0.1, -0.05) is 40.8 Å². The van der Waals surface area contributed by atoms with Crippen molar-refractivity contribution in [3.8, 4) is 5.88 Å². The molecule has 12 heteroatoms. The Hall–Kier alpha value is -3.45. The molecule has 1 aliphatic heterocycles. The molecule has 4 rings (SSSR count). The van der Waals surface area contributed by atoms with Crippen LogP contribution >= 0.6 is 11.3 Å². The van der Waals surface area contributed by atoms with Gasteiger partial charge in [0.25, 0.3) is 5.91 Å². The number of hydrogen-bond donors (Lipinski definition) is 2. The van der Waals surface area contributed by atoms with Crippen molar-refractivity contribution in [1.82, 2.24) is 15.3 Å². The first kappa shape index (κ1) is 28.6. The van der Waals surface area contributed by atoms with Crippen molar-refractivity contribution in [2.75, 3.05) is 52.4 Å². The Morgan fingerprint density at radius 1 is 1.10 bits per heavy atom. The van der Waals surface area contributed by atoms with E-state index in [0.29, 0.717) is 78.2 Å². The number of anilines is 1. The lowest BCUT2D eigenvalue weighted by Crippen LogP contribution is -2.25. The number of aromatic nitrogens is 2. The highest BCUT2D eigenvalue weighted by molar-refractivity contribution is 7.22. The summed E-state index contributed by atoms with van der Waals surface area (Å²) in [4.78, 5) is 41.0. The van der Waals surface area contributed by atoms with Crippen molar-refractivity contribution in [2.24, 2.45) is 5.16 Å². The van der Waals surface area contributed by atoms with Gasteiger partial charge in [-0.3, -0.25) is 14.9 Å². The minimum Gasteiger partial charge on any atom is -0.478 e. The van der Waals surface area contributed by atoms with Crippen molar-refractivity contribution in [3.63, 3.8) is 0 Å². The van der Waals surface area contributed by atoms with Gasteiger partial charge in [-0.05, 0) is 32.5 Å². The third kappa shape index (κ3) is 8.27. The number of ether oxygens (including phenoxy) is 3. The minimum absolute atomic E-state index is 0.00764. The Morgan fingerprint density at radius 3 is 2.67 bits per heavy atom. The topological polar surface area (TPSA) is 133 Å². The second-order valence-electron chi connectivity index (χ2n) is 8.88. The summed E-state index contributed by atoms with van der Waals surface area (Å²) in [5.74, 6) is 0.0235. The predicted molar refractivity (Wildman–Crippen MR) is 149 cm³/mol. The van der Waals surface area contributed by atoms with Gasteiger partial charge in [0.05, 0.1) is 19.8 Å². The van der Waals surface area contributed by atoms with Crippen LogP contribution < -0.4 is 15.4 Å². The quantitative estimate of drug-likeness (QED) is 0.125. The number of thiazole rings is 1. The van der Waals surface area contributed by atoms with E-state index in [-0.39, 0.29) is 17.6 Å². The Bertz CT molecular complexity index is 1270. The van der Waals surface area contributed by atoms with Crippen molar-refractivity contribution in [1.29, 1.82) is 0 Å². The summed E-state index contributed by atoms with van der Waals surface area (Å²) in [6.45, 7) is 2.92. The van der Waals surface area contributed by atoms with E-state index in [9.17, 15) is 9.59 Å². The Labute approximate surface area is 230 Å². The van der Waals surface area contributed by atoms with Gasteiger partial charge in [-0.2, -0.15) is 0 Å². The van der Waals surface area contributed by atoms with Crippen LogP contribution in [-0.4, -0.2) is 80.6 Å². The van der Waals surface area contributed by atoms with Crippen LogP contribution in [0, 0.1) is 0 Å². The van der Waals surface area contributed by atoms with E-state index in [1.54, 1.807) is 37.4 Å². The summed E-state index contributed by atoms with van der Waals surface area (Å²) < 4.78 is 16.1. The van der Waals surface area contributed by atoms with Crippen LogP contribution in [0.3, 0.4) is 0 Å². The summed E-state index contributed by atoms with van der Waals surface area (Å²) >= 11 is 1.24. The summed E-state index contributed by atoms with van der Waals surface area (Å²) in [6, 6.07) is 10.3. The second kappa shape index (κ2) is 14.6. The van der Waals surface area contributed by atoms with E-state index in [4.69, 9.17) is 19.0 Å². The van der Waals surface area contributed by atoms with Gasteiger partial charge < -0.3 is 24.4 Å². The third-order valence-electron chi connectivity index (χ3n) is 5.90. The fourth-order valence-electron chi connectivity index (χ4n) is 3.80. The highest BCUT2D eigenvalue weighted by Gasteiger charge is 2.22. The molecule has 208 valence electrons. The molecule has 0 saturated carbocycles. The van der Waals surface area contributed by atoms with Crippen LogP contribution in [0.5, 0.6) is 5.88 Å². The first-order valence-corrected chi connectivity index (χ1v) is 13.7. The number of carbonyl (C=O) groups is 2. The fourth-order valence-corrected chi connectivity index (χ4v) is 4.62. The maximum Gasteiger partial charge on any atom is 0.280 e. The van der Waals surface area contributed by atoms with Crippen LogP contribution in [0.1, 0.15) is 41.6 Å². The Morgan fingerprint density at radius 2 is 1.92 bits per heavy atom. The van der Waals surface area contributed by atoms with E-state index in [1.165, 1.54) is 11.3 Å². The van der Waals surface area contributed by atoms with Crippen LogP contribution in [0.4, 0.5) is 5.13 Å². The smallest absolute Gasteiger partial charge is 0.280 e. The SMILES string of the molecule is CNCCCOc1ccc2nc(NC(=O)/C(=N/O[C@H]3CCOC3)c3ccc(C(=O)CCCOC)cc3)sc2n1. The predicted octanol–water partition coefficient (Wildman–Crippen LogP) is 3.44. The molecule has 3 heterocycles. The van der Waals surface area contributed by atoms with Gasteiger partial charge in [0, 0.05) is 43.8 Å². The van der Waals surface area contributed by atoms with Crippen molar-refractivity contribution in [3.05, 3.63) is 47.5 Å². The lowest BCUT2D eigenvalue weighted by molar-refractivity contribution is -0.110. The number of nitrogens with one attached hydrogen (secondary N) is 2.